The summed E-state index contributed by atoms with van der Waals surface area (Å²) in [5.74, 6) is -0.602. The van der Waals surface area contributed by atoms with E-state index in [1.54, 1.807) is 0 Å². The zero-order valence-corrected chi connectivity index (χ0v) is 15.3. The number of carbonyl (C=O) groups is 3. The molecule has 0 aromatic heterocycles. The van der Waals surface area contributed by atoms with Crippen LogP contribution < -0.4 is 10.6 Å². The summed E-state index contributed by atoms with van der Waals surface area (Å²) in [5, 5.41) is 5.82. The Hall–Kier alpha value is -2.37. The molecule has 1 aromatic rings. The molecule has 26 heavy (non-hydrogen) atoms. The van der Waals surface area contributed by atoms with Crippen molar-refractivity contribution in [2.24, 2.45) is 0 Å². The molecule has 2 fully saturated rings. The molecule has 1 aromatic carbocycles. The van der Waals surface area contributed by atoms with Crippen molar-refractivity contribution in [3.05, 3.63) is 35.9 Å². The second-order valence-electron chi connectivity index (χ2n) is 7.25. The molecule has 2 N–H and O–H groups in total. The van der Waals surface area contributed by atoms with E-state index in [4.69, 9.17) is 0 Å². The fourth-order valence-corrected chi connectivity index (χ4v) is 4.04. The van der Waals surface area contributed by atoms with Crippen LogP contribution in [0.2, 0.25) is 0 Å². The summed E-state index contributed by atoms with van der Waals surface area (Å²) in [6.07, 6.45) is 6.61. The van der Waals surface area contributed by atoms with Gasteiger partial charge in [0, 0.05) is 6.04 Å². The molecule has 1 aliphatic carbocycles. The van der Waals surface area contributed by atoms with E-state index in [0.717, 1.165) is 42.6 Å². The van der Waals surface area contributed by atoms with Crippen LogP contribution in [0.15, 0.2) is 30.3 Å². The van der Waals surface area contributed by atoms with Gasteiger partial charge in [0.1, 0.15) is 12.1 Å². The highest BCUT2D eigenvalue weighted by atomic mass is 16.2. The van der Waals surface area contributed by atoms with Gasteiger partial charge < -0.3 is 10.6 Å². The van der Waals surface area contributed by atoms with Crippen LogP contribution in [0.1, 0.15) is 57.4 Å². The minimum atomic E-state index is -1.07. The van der Waals surface area contributed by atoms with E-state index < -0.39 is 11.6 Å². The lowest BCUT2D eigenvalue weighted by Crippen LogP contribution is -2.46. The second-order valence-corrected chi connectivity index (χ2v) is 7.25. The molecule has 1 saturated heterocycles. The molecule has 4 amide bonds. The number of nitrogens with one attached hydrogen (secondary N) is 2. The maximum absolute atomic E-state index is 13.1. The third kappa shape index (κ3) is 3.59. The quantitative estimate of drug-likeness (QED) is 0.768. The van der Waals surface area contributed by atoms with Gasteiger partial charge in [0.2, 0.25) is 5.91 Å². The SMILES string of the molecule is CCCC1(c2ccccc2)NC(=O)N(CC(=O)NC2CCCCC2)C1=O. The number of urea groups is 1. The summed E-state index contributed by atoms with van der Waals surface area (Å²) >= 11 is 0. The summed E-state index contributed by atoms with van der Waals surface area (Å²) in [5.41, 5.74) is -0.312. The van der Waals surface area contributed by atoms with E-state index in [1.807, 2.05) is 37.3 Å². The molecule has 1 unspecified atom stereocenters. The maximum Gasteiger partial charge on any atom is 0.325 e. The van der Waals surface area contributed by atoms with Crippen molar-refractivity contribution in [1.29, 1.82) is 0 Å². The van der Waals surface area contributed by atoms with Crippen LogP contribution in [0, 0.1) is 0 Å². The number of nitrogens with zero attached hydrogens (tertiary/aromatic N) is 1. The van der Waals surface area contributed by atoms with Gasteiger partial charge in [-0.3, -0.25) is 14.5 Å². The van der Waals surface area contributed by atoms with Gasteiger partial charge in [0.25, 0.3) is 5.91 Å². The van der Waals surface area contributed by atoms with Gasteiger partial charge in [-0.25, -0.2) is 4.79 Å². The van der Waals surface area contributed by atoms with Crippen molar-refractivity contribution >= 4 is 17.8 Å². The van der Waals surface area contributed by atoms with Gasteiger partial charge in [0.15, 0.2) is 0 Å². The van der Waals surface area contributed by atoms with E-state index in [1.165, 1.54) is 6.42 Å². The molecule has 1 aliphatic heterocycles. The van der Waals surface area contributed by atoms with E-state index in [-0.39, 0.29) is 24.4 Å². The molecular weight excluding hydrogens is 330 g/mol. The first-order valence-corrected chi connectivity index (χ1v) is 9.56. The zero-order valence-electron chi connectivity index (χ0n) is 15.3. The van der Waals surface area contributed by atoms with Crippen molar-refractivity contribution < 1.29 is 14.4 Å². The number of amides is 4. The standard InChI is InChI=1S/C20H27N3O3/c1-2-13-20(15-9-5-3-6-10-15)18(25)23(19(26)22-20)14-17(24)21-16-11-7-4-8-12-16/h3,5-6,9-10,16H,2,4,7-8,11-14H2,1H3,(H,21,24)(H,22,26). The molecule has 0 spiro atoms. The fraction of sp³-hybridized carbons (Fsp3) is 0.550. The predicted octanol–water partition coefficient (Wildman–Crippen LogP) is 2.68. The Morgan fingerprint density at radius 2 is 1.88 bits per heavy atom. The first-order valence-electron chi connectivity index (χ1n) is 9.56. The minimum absolute atomic E-state index is 0.159. The van der Waals surface area contributed by atoms with Crippen LogP contribution >= 0.6 is 0 Å². The summed E-state index contributed by atoms with van der Waals surface area (Å²) in [7, 11) is 0. The summed E-state index contributed by atoms with van der Waals surface area (Å²) in [6, 6.07) is 8.94. The van der Waals surface area contributed by atoms with E-state index in [9.17, 15) is 14.4 Å². The van der Waals surface area contributed by atoms with Gasteiger partial charge in [-0.2, -0.15) is 0 Å². The summed E-state index contributed by atoms with van der Waals surface area (Å²) < 4.78 is 0. The topological polar surface area (TPSA) is 78.5 Å². The predicted molar refractivity (Wildman–Crippen MR) is 98.3 cm³/mol. The molecule has 0 radical (unpaired) electrons. The van der Waals surface area contributed by atoms with Crippen LogP contribution in [-0.2, 0) is 15.1 Å². The number of hydrogen-bond donors (Lipinski definition) is 2. The molecule has 1 heterocycles. The Balaban J connectivity index is 1.73. The Morgan fingerprint density at radius 1 is 1.19 bits per heavy atom. The van der Waals surface area contributed by atoms with Gasteiger partial charge in [-0.15, -0.1) is 0 Å². The van der Waals surface area contributed by atoms with E-state index in [2.05, 4.69) is 10.6 Å². The lowest BCUT2D eigenvalue weighted by molar-refractivity contribution is -0.135. The number of hydrogen-bond acceptors (Lipinski definition) is 3. The van der Waals surface area contributed by atoms with Crippen molar-refractivity contribution in [2.75, 3.05) is 6.54 Å². The van der Waals surface area contributed by atoms with Crippen molar-refractivity contribution in [3.63, 3.8) is 0 Å². The van der Waals surface area contributed by atoms with Crippen LogP contribution in [-0.4, -0.2) is 35.3 Å². The van der Waals surface area contributed by atoms with Gasteiger partial charge >= 0.3 is 6.03 Å². The molecule has 2 aliphatic rings. The van der Waals surface area contributed by atoms with Crippen molar-refractivity contribution in [2.45, 2.75) is 63.5 Å². The fourth-order valence-electron chi connectivity index (χ4n) is 4.04. The molecule has 1 saturated carbocycles. The third-order valence-corrected chi connectivity index (χ3v) is 5.34. The van der Waals surface area contributed by atoms with E-state index in [0.29, 0.717) is 6.42 Å². The minimum Gasteiger partial charge on any atom is -0.352 e. The Kier molecular flexibility index (Phi) is 5.59. The molecule has 3 rings (SSSR count). The second kappa shape index (κ2) is 7.89. The smallest absolute Gasteiger partial charge is 0.325 e. The molecule has 140 valence electrons. The van der Waals surface area contributed by atoms with Gasteiger partial charge in [-0.05, 0) is 24.8 Å². The van der Waals surface area contributed by atoms with E-state index >= 15 is 0 Å². The zero-order chi connectivity index (χ0) is 18.6. The summed E-state index contributed by atoms with van der Waals surface area (Å²) in [6.45, 7) is 1.75. The highest BCUT2D eigenvalue weighted by Gasteiger charge is 2.52. The lowest BCUT2D eigenvalue weighted by atomic mass is 9.85. The number of benzene rings is 1. The van der Waals surface area contributed by atoms with Crippen LogP contribution in [0.3, 0.4) is 0 Å². The average Bonchev–Trinajstić information content (AvgIpc) is 2.89. The van der Waals surface area contributed by atoms with Crippen molar-refractivity contribution in [3.8, 4) is 0 Å². The van der Waals surface area contributed by atoms with Gasteiger partial charge in [-0.1, -0.05) is 62.9 Å². The number of rotatable bonds is 6. The number of carbonyl (C=O) groups excluding carboxylic acids is 3. The van der Waals surface area contributed by atoms with Crippen LogP contribution in [0.4, 0.5) is 4.79 Å². The Labute approximate surface area is 154 Å². The molecule has 0 bridgehead atoms. The number of imide groups is 1. The monoisotopic (exact) mass is 357 g/mol. The molecule has 1 atom stereocenters. The Morgan fingerprint density at radius 3 is 2.54 bits per heavy atom. The van der Waals surface area contributed by atoms with Crippen LogP contribution in [0.5, 0.6) is 0 Å². The van der Waals surface area contributed by atoms with Gasteiger partial charge in [0.05, 0.1) is 0 Å². The maximum atomic E-state index is 13.1. The highest BCUT2D eigenvalue weighted by molar-refractivity contribution is 6.09. The summed E-state index contributed by atoms with van der Waals surface area (Å²) in [4.78, 5) is 39.0. The van der Waals surface area contributed by atoms with Crippen LogP contribution in [0.25, 0.3) is 0 Å². The normalized spacial score (nSPS) is 23.8. The molecule has 6 nitrogen and oxygen atoms in total. The highest BCUT2D eigenvalue weighted by Crippen LogP contribution is 2.33. The lowest BCUT2D eigenvalue weighted by Gasteiger charge is -2.27. The van der Waals surface area contributed by atoms with Crippen molar-refractivity contribution in [1.82, 2.24) is 15.5 Å². The Bertz CT molecular complexity index is 670. The average molecular weight is 357 g/mol. The first-order chi connectivity index (χ1) is 12.6. The molecular formula is C20H27N3O3. The third-order valence-electron chi connectivity index (χ3n) is 5.34. The first kappa shape index (κ1) is 18.4. The largest absolute Gasteiger partial charge is 0.352 e. The molecule has 6 heteroatoms.